The Hall–Kier alpha value is -8.03. The van der Waals surface area contributed by atoms with Crippen molar-refractivity contribution in [2.75, 3.05) is 0 Å². The van der Waals surface area contributed by atoms with Gasteiger partial charge in [-0.2, -0.15) is 38.5 Å². The Kier molecular flexibility index (Phi) is 10.5. The number of aliphatic hydroxyl groups excluding tert-OH is 1. The van der Waals surface area contributed by atoms with Gasteiger partial charge in [0, 0.05) is 64.0 Å². The molecule has 8 heterocycles. The molecule has 3 aliphatic heterocycles. The number of nitriles is 4. The highest BCUT2D eigenvalue weighted by Crippen LogP contribution is 2.61. The van der Waals surface area contributed by atoms with Crippen molar-refractivity contribution in [2.45, 2.75) is 45.0 Å². The van der Waals surface area contributed by atoms with E-state index in [0.717, 1.165) is 98.9 Å². The van der Waals surface area contributed by atoms with Gasteiger partial charge in [-0.3, -0.25) is 4.79 Å². The van der Waals surface area contributed by atoms with Crippen molar-refractivity contribution >= 4 is 120 Å². The molecule has 1 N–H and O–H groups in total. The number of nitrogens with zero attached hydrogens (tertiary/aromatic N) is 8. The summed E-state index contributed by atoms with van der Waals surface area (Å²) in [6, 6.07) is 18.3. The maximum Gasteiger partial charge on any atom is 0.194 e. The molecule has 76 heavy (non-hydrogen) atoms. The van der Waals surface area contributed by atoms with Crippen LogP contribution in [0.3, 0.4) is 0 Å². The lowest BCUT2D eigenvalue weighted by Crippen LogP contribution is -2.27. The minimum atomic E-state index is -1.45. The first-order chi connectivity index (χ1) is 36.4. The van der Waals surface area contributed by atoms with Gasteiger partial charge in [-0.25, -0.2) is 17.6 Å². The third kappa shape index (κ3) is 6.83. The van der Waals surface area contributed by atoms with E-state index in [1.807, 2.05) is 39.8 Å². The largest absolute Gasteiger partial charge is 0.482 e. The summed E-state index contributed by atoms with van der Waals surface area (Å²) < 4.78 is 90.7. The molecule has 368 valence electrons. The van der Waals surface area contributed by atoms with Crippen LogP contribution in [0.5, 0.6) is 11.5 Å². The molecule has 0 radical (unpaired) electrons. The molecule has 0 amide bonds. The Morgan fingerprint density at radius 3 is 1.62 bits per heavy atom. The SMILES string of the molecule is CC1(C)Oc2cc(/C=C3\C(=O)c4cc(F)c(F)cc4C3=C(C#N)C#N)sc2-c2sc(-c3c4c(c(-c5cc6c(s5)-c5sc(/C=C7/C(=C(C#N)C#N)c8cc(F)c(F)cc8C7O)cc5OC6(C)C)c5nsnc35)N=S=N4)cc21. The molecule has 5 aromatic heterocycles. The normalized spacial score (nSPS) is 17.6. The number of benzene rings is 3. The topological polar surface area (TPSA) is 201 Å². The van der Waals surface area contributed by atoms with E-state index in [0.29, 0.717) is 43.7 Å². The van der Waals surface area contributed by atoms with Gasteiger partial charge in [0.05, 0.1) is 42.6 Å². The summed E-state index contributed by atoms with van der Waals surface area (Å²) in [4.78, 5) is 19.9. The molecule has 3 aromatic carbocycles. The van der Waals surface area contributed by atoms with Gasteiger partial charge in [0.2, 0.25) is 0 Å². The summed E-state index contributed by atoms with van der Waals surface area (Å²) in [5, 5.41) is 51.0. The number of thiophene rings is 4. The van der Waals surface area contributed by atoms with E-state index >= 15 is 0 Å². The van der Waals surface area contributed by atoms with Crippen molar-refractivity contribution in [3.63, 3.8) is 0 Å². The van der Waals surface area contributed by atoms with Crippen LogP contribution >= 0.6 is 57.1 Å². The summed E-state index contributed by atoms with van der Waals surface area (Å²) in [5.74, 6) is -4.37. The number of allylic oxidation sites excluding steroid dienone is 4. The van der Waals surface area contributed by atoms with E-state index in [1.165, 1.54) is 51.4 Å². The molecule has 0 fully saturated rings. The predicted octanol–water partition coefficient (Wildman–Crippen LogP) is 15.2. The van der Waals surface area contributed by atoms with Gasteiger partial charge >= 0.3 is 0 Å². The van der Waals surface area contributed by atoms with Crippen LogP contribution in [0.1, 0.15) is 81.7 Å². The Balaban J connectivity index is 0.900. The van der Waals surface area contributed by atoms with Gasteiger partial charge in [0.15, 0.2) is 29.1 Å². The van der Waals surface area contributed by atoms with E-state index in [1.54, 1.807) is 30.3 Å². The summed E-state index contributed by atoms with van der Waals surface area (Å²) in [6.07, 6.45) is 1.68. The molecule has 8 aromatic rings. The second kappa shape index (κ2) is 16.7. The highest BCUT2D eigenvalue weighted by atomic mass is 32.1. The summed E-state index contributed by atoms with van der Waals surface area (Å²) in [7, 11) is 0. The number of aromatic nitrogens is 2. The van der Waals surface area contributed by atoms with E-state index in [4.69, 9.17) is 26.9 Å². The number of hydrogen-bond donors (Lipinski definition) is 1. The Labute approximate surface area is 450 Å². The molecule has 0 bridgehead atoms. The number of carbonyl (C=O) groups excluding carboxylic acids is 1. The number of halogens is 4. The van der Waals surface area contributed by atoms with Gasteiger partial charge in [-0.1, -0.05) is 0 Å². The zero-order valence-electron chi connectivity index (χ0n) is 39.1. The number of carbonyl (C=O) groups is 1. The van der Waals surface area contributed by atoms with Gasteiger partial charge in [-0.05, 0) is 111 Å². The number of ketones is 1. The number of ether oxygens (including phenoxy) is 2. The summed E-state index contributed by atoms with van der Waals surface area (Å²) in [6.45, 7) is 7.78. The number of rotatable bonds is 4. The second-order valence-corrected chi connectivity index (χ2v) is 24.1. The molecule has 12 nitrogen and oxygen atoms in total. The van der Waals surface area contributed by atoms with Crippen molar-refractivity contribution in [3.05, 3.63) is 137 Å². The third-order valence-electron chi connectivity index (χ3n) is 13.6. The highest BCUT2D eigenvalue weighted by molar-refractivity contribution is 7.58. The van der Waals surface area contributed by atoms with Crippen LogP contribution in [0, 0.1) is 68.6 Å². The molecular formula is C54H24F4N8O4S6. The quantitative estimate of drug-likeness (QED) is 0.100. The van der Waals surface area contributed by atoms with Crippen LogP contribution in [-0.2, 0) is 22.6 Å². The molecule has 22 heteroatoms. The van der Waals surface area contributed by atoms with Gasteiger partial charge < -0.3 is 14.6 Å². The minimum Gasteiger partial charge on any atom is -0.482 e. The van der Waals surface area contributed by atoms with E-state index in [2.05, 4.69) is 12.1 Å². The lowest BCUT2D eigenvalue weighted by atomic mass is 9.93. The van der Waals surface area contributed by atoms with Crippen molar-refractivity contribution < 1.29 is 36.9 Å². The molecule has 13 rings (SSSR count). The third-order valence-corrected chi connectivity index (χ3v) is 19.4. The Bertz CT molecular complexity index is 4480. The molecular weight excluding hydrogens is 1090 g/mol. The van der Waals surface area contributed by atoms with Crippen molar-refractivity contribution in [1.82, 2.24) is 8.75 Å². The Morgan fingerprint density at radius 1 is 0.618 bits per heavy atom. The number of hydrogen-bond acceptors (Lipinski definition) is 17. The minimum absolute atomic E-state index is 0.0222. The number of Topliss-reactive ketones (excluding diaryl/α,β-unsaturated/α-hetero) is 1. The molecule has 1 atom stereocenters. The van der Waals surface area contributed by atoms with Crippen molar-refractivity contribution in [3.8, 4) is 76.2 Å². The fourth-order valence-electron chi connectivity index (χ4n) is 10.3. The fourth-order valence-corrected chi connectivity index (χ4v) is 16.4. The van der Waals surface area contributed by atoms with Crippen molar-refractivity contribution in [1.29, 1.82) is 21.0 Å². The Morgan fingerprint density at radius 2 is 1.09 bits per heavy atom. The van der Waals surface area contributed by atoms with Crippen LogP contribution < -0.4 is 9.47 Å². The molecule has 1 unspecified atom stereocenters. The van der Waals surface area contributed by atoms with Crippen LogP contribution in [0.2, 0.25) is 0 Å². The van der Waals surface area contributed by atoms with E-state index in [-0.39, 0.29) is 50.1 Å². The fraction of sp³-hybridized carbons (Fsp3) is 0.130. The van der Waals surface area contributed by atoms with Crippen LogP contribution in [0.25, 0.3) is 74.7 Å². The maximum absolute atomic E-state index is 14.6. The highest BCUT2D eigenvalue weighted by Gasteiger charge is 2.42. The number of aliphatic hydroxyl groups is 1. The standard InChI is InChI=1S/C54H24F4N8O4S6/c1-53(2)29-13-37(73-49(29)51-35(69-53)7-21(71-51)5-27-39(19(15-59)16-60)23-9-31(55)33(57)11-25(23)47(27)67)41-43-45(65-75-63-43)42(46-44(41)64-76-66-46)38-14-30-50(74-38)52-36(70-54(30,3)4)8-22(72-52)6-28-40(20(17-61)18-62)24-10-32(56)34(58)12-26(24)48(28)68/h5-14,47,67H,1-4H3/b27-5-,28-6-. The smallest absolute Gasteiger partial charge is 0.194 e. The zero-order chi connectivity index (χ0) is 53.0. The average Bonchev–Trinajstić information content (AvgIpc) is 4.30. The molecule has 0 saturated carbocycles. The summed E-state index contributed by atoms with van der Waals surface area (Å²) in [5.41, 5.74) is 3.11. The zero-order valence-corrected chi connectivity index (χ0v) is 44.0. The first-order valence-electron chi connectivity index (χ1n) is 22.5. The van der Waals surface area contributed by atoms with Crippen LogP contribution in [0.4, 0.5) is 28.9 Å². The van der Waals surface area contributed by atoms with Crippen LogP contribution in [-0.4, -0.2) is 19.6 Å². The number of fused-ring (bicyclic) bond motifs is 10. The first kappa shape index (κ1) is 47.7. The van der Waals surface area contributed by atoms with E-state index in [9.17, 15) is 48.5 Å². The van der Waals surface area contributed by atoms with Crippen molar-refractivity contribution in [2.24, 2.45) is 8.73 Å². The lowest BCUT2D eigenvalue weighted by Gasteiger charge is -2.31. The summed E-state index contributed by atoms with van der Waals surface area (Å²) >= 11 is 7.79. The monoisotopic (exact) mass is 1120 g/mol. The van der Waals surface area contributed by atoms with Gasteiger partial charge in [0.25, 0.3) is 0 Å². The maximum atomic E-state index is 14.6. The predicted molar refractivity (Wildman–Crippen MR) is 284 cm³/mol. The lowest BCUT2D eigenvalue weighted by molar-refractivity contribution is 0.104. The molecule has 2 aliphatic carbocycles. The van der Waals surface area contributed by atoms with E-state index < -0.39 is 51.9 Å². The van der Waals surface area contributed by atoms with Gasteiger partial charge in [0.1, 0.15) is 86.6 Å². The van der Waals surface area contributed by atoms with Gasteiger partial charge in [-0.15, -0.1) is 45.3 Å². The second-order valence-electron chi connectivity index (χ2n) is 18.8. The molecule has 0 spiro atoms. The first-order valence-corrected chi connectivity index (χ1v) is 27.3. The molecule has 5 aliphatic rings. The average molecular weight is 1120 g/mol. The molecule has 0 saturated heterocycles. The van der Waals surface area contributed by atoms with Crippen LogP contribution in [0.15, 0.2) is 79.5 Å².